The Bertz CT molecular complexity index is 546. The van der Waals surface area contributed by atoms with Crippen molar-refractivity contribution in [3.63, 3.8) is 0 Å². The minimum atomic E-state index is 0.126. The molecule has 0 aliphatic heterocycles. The topological polar surface area (TPSA) is 38.9 Å². The lowest BCUT2D eigenvalue weighted by atomic mass is 9.84. The number of benzene rings is 1. The summed E-state index contributed by atoms with van der Waals surface area (Å²) in [7, 11) is 0. The summed E-state index contributed by atoms with van der Waals surface area (Å²) < 4.78 is 2.34. The zero-order chi connectivity index (χ0) is 12.5. The first-order chi connectivity index (χ1) is 8.74. The Balaban J connectivity index is 1.88. The zero-order valence-corrected chi connectivity index (χ0v) is 12.6. The molecule has 0 saturated heterocycles. The molecule has 1 aliphatic carbocycles. The molecule has 96 valence electrons. The van der Waals surface area contributed by atoms with Gasteiger partial charge >= 0.3 is 0 Å². The Kier molecular flexibility index (Phi) is 3.68. The molecule has 2 aromatic rings. The summed E-state index contributed by atoms with van der Waals surface area (Å²) >= 11 is 5.25. The highest BCUT2D eigenvalue weighted by Crippen LogP contribution is 2.36. The number of thiazole rings is 1. The number of halogens is 1. The van der Waals surface area contributed by atoms with Crippen LogP contribution in [0.2, 0.25) is 0 Å². The summed E-state index contributed by atoms with van der Waals surface area (Å²) in [5, 5.41) is 1.11. The molecular formula is C14H17BrN2S. The molecule has 4 heteroatoms. The maximum Gasteiger partial charge on any atom is 0.111 e. The number of hydrogen-bond donors (Lipinski definition) is 1. The third-order valence-corrected chi connectivity index (χ3v) is 5.42. The maximum atomic E-state index is 6.41. The van der Waals surface area contributed by atoms with Crippen LogP contribution in [0.5, 0.6) is 0 Å². The molecule has 0 radical (unpaired) electrons. The van der Waals surface area contributed by atoms with E-state index >= 15 is 0 Å². The van der Waals surface area contributed by atoms with Crippen molar-refractivity contribution in [2.75, 3.05) is 0 Å². The molecule has 2 N–H and O–H groups in total. The average Bonchev–Trinajstić information content (AvgIpc) is 2.81. The van der Waals surface area contributed by atoms with Gasteiger partial charge in [-0.25, -0.2) is 4.98 Å². The van der Waals surface area contributed by atoms with Crippen molar-refractivity contribution in [2.24, 2.45) is 11.7 Å². The molecule has 1 aromatic heterocycles. The highest BCUT2D eigenvalue weighted by atomic mass is 79.9. The van der Waals surface area contributed by atoms with Crippen LogP contribution in [0, 0.1) is 5.92 Å². The molecule has 1 saturated carbocycles. The highest BCUT2D eigenvalue weighted by Gasteiger charge is 2.24. The van der Waals surface area contributed by atoms with Gasteiger partial charge in [0.15, 0.2) is 0 Å². The number of nitrogens with zero attached hydrogens (tertiary/aromatic N) is 1. The summed E-state index contributed by atoms with van der Waals surface area (Å²) in [5.74, 6) is 0.628. The van der Waals surface area contributed by atoms with Crippen LogP contribution in [0.1, 0.15) is 43.2 Å². The Morgan fingerprint density at radius 1 is 1.28 bits per heavy atom. The average molecular weight is 325 g/mol. The molecule has 0 amide bonds. The third kappa shape index (κ3) is 2.46. The van der Waals surface area contributed by atoms with E-state index in [0.29, 0.717) is 5.92 Å². The van der Waals surface area contributed by atoms with Gasteiger partial charge in [-0.2, -0.15) is 0 Å². The molecule has 18 heavy (non-hydrogen) atoms. The second kappa shape index (κ2) is 5.27. The van der Waals surface area contributed by atoms with E-state index in [-0.39, 0.29) is 6.04 Å². The van der Waals surface area contributed by atoms with E-state index in [9.17, 15) is 0 Å². The number of hydrogen-bond acceptors (Lipinski definition) is 3. The van der Waals surface area contributed by atoms with E-state index in [4.69, 9.17) is 10.7 Å². The summed E-state index contributed by atoms with van der Waals surface area (Å²) in [4.78, 5) is 4.70. The Hall–Kier alpha value is -0.450. The van der Waals surface area contributed by atoms with Gasteiger partial charge in [-0.15, -0.1) is 11.3 Å². The number of aromatic nitrogens is 1. The lowest BCUT2D eigenvalue weighted by Crippen LogP contribution is -2.23. The van der Waals surface area contributed by atoms with Gasteiger partial charge in [0.1, 0.15) is 5.01 Å². The number of nitrogens with two attached hydrogens (primary N) is 1. The van der Waals surface area contributed by atoms with E-state index in [1.54, 1.807) is 11.3 Å². The van der Waals surface area contributed by atoms with Crippen molar-refractivity contribution in [1.29, 1.82) is 0 Å². The minimum Gasteiger partial charge on any atom is -0.322 e. The molecule has 1 atom stereocenters. The van der Waals surface area contributed by atoms with Crippen LogP contribution >= 0.6 is 27.3 Å². The summed E-state index contributed by atoms with van der Waals surface area (Å²) in [6.07, 6.45) is 6.56. The quantitative estimate of drug-likeness (QED) is 0.874. The fourth-order valence-electron chi connectivity index (χ4n) is 2.75. The molecule has 0 spiro atoms. The number of fused-ring (bicyclic) bond motifs is 1. The first-order valence-electron chi connectivity index (χ1n) is 6.55. The second-order valence-electron chi connectivity index (χ2n) is 5.09. The number of rotatable bonds is 2. The van der Waals surface area contributed by atoms with Gasteiger partial charge in [-0.1, -0.05) is 35.2 Å². The van der Waals surface area contributed by atoms with Gasteiger partial charge in [0.2, 0.25) is 0 Å². The molecular weight excluding hydrogens is 308 g/mol. The van der Waals surface area contributed by atoms with Gasteiger partial charge in [0, 0.05) is 4.47 Å². The van der Waals surface area contributed by atoms with Crippen LogP contribution in [0.15, 0.2) is 22.7 Å². The van der Waals surface area contributed by atoms with Crippen molar-refractivity contribution < 1.29 is 0 Å². The summed E-state index contributed by atoms with van der Waals surface area (Å²) in [6, 6.07) is 6.36. The van der Waals surface area contributed by atoms with Crippen LogP contribution < -0.4 is 5.73 Å². The van der Waals surface area contributed by atoms with Crippen molar-refractivity contribution in [3.05, 3.63) is 27.7 Å². The molecule has 1 heterocycles. The normalized spacial score (nSPS) is 19.2. The van der Waals surface area contributed by atoms with E-state index in [0.717, 1.165) is 15.0 Å². The van der Waals surface area contributed by atoms with E-state index in [2.05, 4.69) is 28.1 Å². The van der Waals surface area contributed by atoms with Gasteiger partial charge in [0.05, 0.1) is 16.3 Å². The molecule has 1 aromatic carbocycles. The molecule has 0 bridgehead atoms. The smallest absolute Gasteiger partial charge is 0.111 e. The Labute approximate surface area is 120 Å². The van der Waals surface area contributed by atoms with Gasteiger partial charge in [-0.05, 0) is 37.0 Å². The Morgan fingerprint density at radius 2 is 2.06 bits per heavy atom. The fraction of sp³-hybridized carbons (Fsp3) is 0.500. The molecule has 1 fully saturated rings. The minimum absolute atomic E-state index is 0.126. The van der Waals surface area contributed by atoms with Crippen LogP contribution in [-0.2, 0) is 0 Å². The fourth-order valence-corrected chi connectivity index (χ4v) is 4.37. The van der Waals surface area contributed by atoms with Crippen LogP contribution in [0.25, 0.3) is 10.2 Å². The van der Waals surface area contributed by atoms with Gasteiger partial charge < -0.3 is 5.73 Å². The van der Waals surface area contributed by atoms with Crippen LogP contribution in [0.4, 0.5) is 0 Å². The first kappa shape index (κ1) is 12.6. The van der Waals surface area contributed by atoms with Crippen molar-refractivity contribution in [1.82, 2.24) is 4.98 Å². The molecule has 2 nitrogen and oxygen atoms in total. The standard InChI is InChI=1S/C14H17BrN2S/c15-10-6-7-11-12(8-10)18-14(17-11)13(16)9-4-2-1-3-5-9/h6-9,13H,1-5,16H2. The van der Waals surface area contributed by atoms with Crippen molar-refractivity contribution in [3.8, 4) is 0 Å². The lowest BCUT2D eigenvalue weighted by Gasteiger charge is -2.25. The predicted octanol–water partition coefficient (Wildman–Crippen LogP) is 4.64. The van der Waals surface area contributed by atoms with E-state index < -0.39 is 0 Å². The van der Waals surface area contributed by atoms with Gasteiger partial charge in [0.25, 0.3) is 0 Å². The lowest BCUT2D eigenvalue weighted by molar-refractivity contribution is 0.308. The van der Waals surface area contributed by atoms with Crippen LogP contribution in [-0.4, -0.2) is 4.98 Å². The van der Waals surface area contributed by atoms with E-state index in [1.807, 2.05) is 6.07 Å². The molecule has 3 rings (SSSR count). The van der Waals surface area contributed by atoms with Crippen molar-refractivity contribution >= 4 is 37.5 Å². The molecule has 1 aliphatic rings. The van der Waals surface area contributed by atoms with Crippen molar-refractivity contribution in [2.45, 2.75) is 38.1 Å². The van der Waals surface area contributed by atoms with E-state index in [1.165, 1.54) is 36.8 Å². The summed E-state index contributed by atoms with van der Waals surface area (Å²) in [5.41, 5.74) is 7.48. The highest BCUT2D eigenvalue weighted by molar-refractivity contribution is 9.10. The predicted molar refractivity (Wildman–Crippen MR) is 80.8 cm³/mol. The van der Waals surface area contributed by atoms with Gasteiger partial charge in [-0.3, -0.25) is 0 Å². The monoisotopic (exact) mass is 324 g/mol. The Morgan fingerprint density at radius 3 is 2.83 bits per heavy atom. The summed E-state index contributed by atoms with van der Waals surface area (Å²) in [6.45, 7) is 0. The SMILES string of the molecule is NC(c1nc2ccc(Br)cc2s1)C1CCCCC1. The maximum absolute atomic E-state index is 6.41. The third-order valence-electron chi connectivity index (χ3n) is 3.81. The molecule has 1 unspecified atom stereocenters. The van der Waals surface area contributed by atoms with Crippen LogP contribution in [0.3, 0.4) is 0 Å². The first-order valence-corrected chi connectivity index (χ1v) is 8.16. The second-order valence-corrected chi connectivity index (χ2v) is 7.07. The zero-order valence-electron chi connectivity index (χ0n) is 10.2. The largest absolute Gasteiger partial charge is 0.322 e.